The smallest absolute Gasteiger partial charge is 0.336 e. The van der Waals surface area contributed by atoms with Crippen LogP contribution in [0.25, 0.3) is 10.9 Å². The number of carboxylic acid groups (broad SMARTS) is 1. The van der Waals surface area contributed by atoms with Crippen LogP contribution in [0.15, 0.2) is 48.5 Å². The van der Waals surface area contributed by atoms with Gasteiger partial charge >= 0.3 is 5.97 Å². The molecule has 0 spiro atoms. The summed E-state index contributed by atoms with van der Waals surface area (Å²) >= 11 is 0. The number of anilines is 2. The molecule has 0 bridgehead atoms. The molecule has 1 saturated heterocycles. The molecule has 11 heteroatoms. The Kier molecular flexibility index (Phi) is 12.1. The van der Waals surface area contributed by atoms with E-state index in [2.05, 4.69) is 21.2 Å². The molecule has 1 aliphatic heterocycles. The number of nitrogens with zero attached hydrogens (tertiary/aromatic N) is 3. The number of rotatable bonds is 6. The van der Waals surface area contributed by atoms with Crippen molar-refractivity contribution in [1.29, 1.82) is 0 Å². The zero-order chi connectivity index (χ0) is 25.2. The van der Waals surface area contributed by atoms with Crippen LogP contribution in [-0.2, 0) is 11.3 Å². The van der Waals surface area contributed by atoms with Crippen molar-refractivity contribution in [3.63, 3.8) is 0 Å². The molecule has 38 heavy (non-hydrogen) atoms. The first-order valence-corrected chi connectivity index (χ1v) is 11.7. The molecule has 1 aromatic heterocycles. The van der Waals surface area contributed by atoms with E-state index in [1.165, 1.54) is 0 Å². The number of carboxylic acids is 1. The van der Waals surface area contributed by atoms with Gasteiger partial charge in [-0.3, -0.25) is 9.69 Å². The van der Waals surface area contributed by atoms with Crippen molar-refractivity contribution in [2.75, 3.05) is 43.5 Å². The van der Waals surface area contributed by atoms with Crippen LogP contribution in [0.3, 0.4) is 0 Å². The van der Waals surface area contributed by atoms with Crippen molar-refractivity contribution in [3.05, 3.63) is 59.7 Å². The van der Waals surface area contributed by atoms with Gasteiger partial charge in [0, 0.05) is 54.8 Å². The molecule has 0 aliphatic carbocycles. The average Bonchev–Trinajstić information content (AvgIpc) is 2.83. The SMILES string of the molecule is COc1ccccc1CN1CCN(c2cc(C(=O)O)c3cc(NC(=O)C(C)(C)C)ccc3n2)CC1.Cl.Cl.Cl. The molecule has 1 amide bonds. The number of aromatic carboxylic acids is 1. The molecule has 208 valence electrons. The first-order valence-electron chi connectivity index (χ1n) is 11.7. The molecular formula is C27H35Cl3N4O4. The fraction of sp³-hybridized carbons (Fsp3) is 0.370. The summed E-state index contributed by atoms with van der Waals surface area (Å²) in [4.78, 5) is 33.7. The lowest BCUT2D eigenvalue weighted by Gasteiger charge is -2.35. The summed E-state index contributed by atoms with van der Waals surface area (Å²) in [6, 6.07) is 14.9. The monoisotopic (exact) mass is 584 g/mol. The molecule has 1 aliphatic rings. The van der Waals surface area contributed by atoms with Crippen LogP contribution in [0.1, 0.15) is 36.7 Å². The Balaban J connectivity index is 0.00000241. The lowest BCUT2D eigenvalue weighted by atomic mass is 9.95. The number of benzene rings is 2. The quantitative estimate of drug-likeness (QED) is 0.394. The first-order chi connectivity index (χ1) is 16.7. The number of ether oxygens (including phenoxy) is 1. The number of nitrogens with one attached hydrogen (secondary N) is 1. The fourth-order valence-corrected chi connectivity index (χ4v) is 4.16. The van der Waals surface area contributed by atoms with Crippen molar-refractivity contribution < 1.29 is 19.4 Å². The van der Waals surface area contributed by atoms with Crippen molar-refractivity contribution in [1.82, 2.24) is 9.88 Å². The third-order valence-electron chi connectivity index (χ3n) is 6.25. The number of pyridine rings is 1. The Morgan fingerprint density at radius 1 is 1.00 bits per heavy atom. The van der Waals surface area contributed by atoms with E-state index in [-0.39, 0.29) is 48.7 Å². The summed E-state index contributed by atoms with van der Waals surface area (Å²) in [5, 5.41) is 13.3. The molecule has 3 aromatic rings. The van der Waals surface area contributed by atoms with Gasteiger partial charge in [0.2, 0.25) is 5.91 Å². The maximum atomic E-state index is 12.4. The summed E-state index contributed by atoms with van der Waals surface area (Å²) in [6.07, 6.45) is 0. The highest BCUT2D eigenvalue weighted by Crippen LogP contribution is 2.28. The van der Waals surface area contributed by atoms with Crippen LogP contribution in [-0.4, -0.2) is 60.2 Å². The summed E-state index contributed by atoms with van der Waals surface area (Å²) in [7, 11) is 1.68. The second-order valence-electron chi connectivity index (χ2n) is 9.84. The second kappa shape index (κ2) is 13.8. The third kappa shape index (κ3) is 7.63. The third-order valence-corrected chi connectivity index (χ3v) is 6.25. The molecule has 2 aromatic carbocycles. The molecule has 4 rings (SSSR count). The molecule has 0 radical (unpaired) electrons. The summed E-state index contributed by atoms with van der Waals surface area (Å²) in [5.41, 5.74) is 1.91. The van der Waals surface area contributed by atoms with Crippen molar-refractivity contribution >= 4 is 71.5 Å². The van der Waals surface area contributed by atoms with E-state index in [4.69, 9.17) is 9.72 Å². The molecule has 1 fully saturated rings. The number of piperazine rings is 1. The minimum atomic E-state index is -1.02. The van der Waals surface area contributed by atoms with Crippen LogP contribution >= 0.6 is 37.2 Å². The van der Waals surface area contributed by atoms with Crippen LogP contribution in [0.5, 0.6) is 5.75 Å². The number of halogens is 3. The number of amides is 1. The summed E-state index contributed by atoms with van der Waals surface area (Å²) in [6.45, 7) is 9.43. The fourth-order valence-electron chi connectivity index (χ4n) is 4.16. The van der Waals surface area contributed by atoms with Gasteiger partial charge in [0.15, 0.2) is 0 Å². The van der Waals surface area contributed by atoms with E-state index in [1.54, 1.807) is 31.4 Å². The van der Waals surface area contributed by atoms with Gasteiger partial charge in [-0.2, -0.15) is 0 Å². The molecule has 8 nitrogen and oxygen atoms in total. The Bertz CT molecular complexity index is 1260. The van der Waals surface area contributed by atoms with E-state index in [0.717, 1.165) is 44.0 Å². The summed E-state index contributed by atoms with van der Waals surface area (Å²) < 4.78 is 5.47. The van der Waals surface area contributed by atoms with E-state index in [1.807, 2.05) is 39.0 Å². The van der Waals surface area contributed by atoms with Gasteiger partial charge in [-0.15, -0.1) is 37.2 Å². The number of fused-ring (bicyclic) bond motifs is 1. The van der Waals surface area contributed by atoms with Gasteiger partial charge in [-0.05, 0) is 30.3 Å². The lowest BCUT2D eigenvalue weighted by Crippen LogP contribution is -2.46. The van der Waals surface area contributed by atoms with Crippen LogP contribution < -0.4 is 15.0 Å². The first kappa shape index (κ1) is 33.2. The Hall–Kier alpha value is -2.78. The van der Waals surface area contributed by atoms with Crippen molar-refractivity contribution in [2.24, 2.45) is 5.41 Å². The maximum Gasteiger partial charge on any atom is 0.336 e. The van der Waals surface area contributed by atoms with E-state index in [0.29, 0.717) is 22.4 Å². The standard InChI is InChI=1S/C27H32N4O4.3ClH/c1-27(2,3)26(34)28-19-9-10-22-20(15-19)21(25(32)33)16-24(29-22)31-13-11-30(12-14-31)17-18-7-5-6-8-23(18)35-4;;;/h5-10,15-16H,11-14,17H2,1-4H3,(H,28,34)(H,32,33);3*1H. The Morgan fingerprint density at radius 2 is 1.66 bits per heavy atom. The number of carbonyl (C=O) groups excluding carboxylic acids is 1. The van der Waals surface area contributed by atoms with Crippen molar-refractivity contribution in [3.8, 4) is 5.75 Å². The van der Waals surface area contributed by atoms with Gasteiger partial charge in [-0.1, -0.05) is 39.0 Å². The number of hydrogen-bond donors (Lipinski definition) is 2. The van der Waals surface area contributed by atoms with Crippen LogP contribution in [0.4, 0.5) is 11.5 Å². The highest BCUT2D eigenvalue weighted by Gasteiger charge is 2.23. The Morgan fingerprint density at radius 3 is 2.26 bits per heavy atom. The highest BCUT2D eigenvalue weighted by atomic mass is 35.5. The normalized spacial score (nSPS) is 13.5. The van der Waals surface area contributed by atoms with Gasteiger partial charge < -0.3 is 20.1 Å². The predicted octanol–water partition coefficient (Wildman–Crippen LogP) is 5.51. The molecule has 2 heterocycles. The number of para-hydroxylation sites is 1. The van der Waals surface area contributed by atoms with E-state index < -0.39 is 11.4 Å². The molecule has 0 unspecified atom stereocenters. The van der Waals surface area contributed by atoms with Crippen molar-refractivity contribution in [2.45, 2.75) is 27.3 Å². The van der Waals surface area contributed by atoms with E-state index in [9.17, 15) is 14.7 Å². The topological polar surface area (TPSA) is 95.0 Å². The minimum Gasteiger partial charge on any atom is -0.496 e. The van der Waals surface area contributed by atoms with Gasteiger partial charge in [-0.25, -0.2) is 9.78 Å². The minimum absolute atomic E-state index is 0. The summed E-state index contributed by atoms with van der Waals surface area (Å²) in [5.74, 6) is 0.380. The second-order valence-corrected chi connectivity index (χ2v) is 9.84. The molecular weight excluding hydrogens is 551 g/mol. The van der Waals surface area contributed by atoms with Crippen LogP contribution in [0, 0.1) is 5.41 Å². The molecule has 2 N–H and O–H groups in total. The van der Waals surface area contributed by atoms with E-state index >= 15 is 0 Å². The van der Waals surface area contributed by atoms with Gasteiger partial charge in [0.05, 0.1) is 18.2 Å². The molecule has 0 saturated carbocycles. The zero-order valence-electron chi connectivity index (χ0n) is 21.9. The molecule has 0 atom stereocenters. The largest absolute Gasteiger partial charge is 0.496 e. The predicted molar refractivity (Wildman–Crippen MR) is 159 cm³/mol. The number of aromatic nitrogens is 1. The number of hydrogen-bond acceptors (Lipinski definition) is 6. The highest BCUT2D eigenvalue weighted by molar-refractivity contribution is 6.05. The maximum absolute atomic E-state index is 12.4. The van der Waals surface area contributed by atoms with Gasteiger partial charge in [0.1, 0.15) is 11.6 Å². The average molecular weight is 586 g/mol. The Labute approximate surface area is 242 Å². The lowest BCUT2D eigenvalue weighted by molar-refractivity contribution is -0.123. The van der Waals surface area contributed by atoms with Gasteiger partial charge in [0.25, 0.3) is 0 Å². The zero-order valence-corrected chi connectivity index (χ0v) is 24.3. The van der Waals surface area contributed by atoms with Crippen LogP contribution in [0.2, 0.25) is 0 Å². The number of methoxy groups -OCH3 is 1. The number of carbonyl (C=O) groups is 2.